The SMILES string of the molecule is CC(C)N1CCCC1c1ccc(F)cc1. The molecule has 1 heterocycles. The van der Waals surface area contributed by atoms with Crippen molar-refractivity contribution in [2.24, 2.45) is 0 Å². The summed E-state index contributed by atoms with van der Waals surface area (Å²) >= 11 is 0. The van der Waals surface area contributed by atoms with Crippen LogP contribution >= 0.6 is 0 Å². The number of hydrogen-bond acceptors (Lipinski definition) is 1. The Morgan fingerprint density at radius 3 is 2.53 bits per heavy atom. The van der Waals surface area contributed by atoms with Gasteiger partial charge in [-0.15, -0.1) is 0 Å². The zero-order valence-electron chi connectivity index (χ0n) is 9.41. The Bertz CT molecular complexity index is 318. The third-order valence-corrected chi connectivity index (χ3v) is 3.21. The van der Waals surface area contributed by atoms with Crippen LogP contribution in [-0.2, 0) is 0 Å². The van der Waals surface area contributed by atoms with Gasteiger partial charge in [-0.25, -0.2) is 4.39 Å². The van der Waals surface area contributed by atoms with Crippen molar-refractivity contribution in [3.63, 3.8) is 0 Å². The third kappa shape index (κ3) is 2.20. The Kier molecular flexibility index (Phi) is 3.06. The van der Waals surface area contributed by atoms with Crippen LogP contribution in [0.1, 0.15) is 38.3 Å². The smallest absolute Gasteiger partial charge is 0.123 e. The van der Waals surface area contributed by atoms with Crippen LogP contribution in [0.3, 0.4) is 0 Å². The highest BCUT2D eigenvalue weighted by molar-refractivity contribution is 5.21. The summed E-state index contributed by atoms with van der Waals surface area (Å²) < 4.78 is 12.8. The molecule has 15 heavy (non-hydrogen) atoms. The highest BCUT2D eigenvalue weighted by atomic mass is 19.1. The number of halogens is 1. The van der Waals surface area contributed by atoms with Gasteiger partial charge < -0.3 is 0 Å². The van der Waals surface area contributed by atoms with Crippen molar-refractivity contribution < 1.29 is 4.39 Å². The molecule has 1 saturated heterocycles. The molecule has 0 spiro atoms. The lowest BCUT2D eigenvalue weighted by Gasteiger charge is -2.28. The van der Waals surface area contributed by atoms with Crippen molar-refractivity contribution in [1.29, 1.82) is 0 Å². The highest BCUT2D eigenvalue weighted by Crippen LogP contribution is 2.33. The van der Waals surface area contributed by atoms with Gasteiger partial charge in [0, 0.05) is 12.1 Å². The topological polar surface area (TPSA) is 3.24 Å². The summed E-state index contributed by atoms with van der Waals surface area (Å²) in [5.41, 5.74) is 1.25. The summed E-state index contributed by atoms with van der Waals surface area (Å²) in [7, 11) is 0. The lowest BCUT2D eigenvalue weighted by atomic mass is 10.0. The second-order valence-corrected chi connectivity index (χ2v) is 4.54. The van der Waals surface area contributed by atoms with Gasteiger partial charge in [0.1, 0.15) is 5.82 Å². The van der Waals surface area contributed by atoms with E-state index in [0.717, 1.165) is 0 Å². The van der Waals surface area contributed by atoms with E-state index in [-0.39, 0.29) is 5.82 Å². The number of nitrogens with zero attached hydrogens (tertiary/aromatic N) is 1. The van der Waals surface area contributed by atoms with Crippen molar-refractivity contribution in [2.45, 2.75) is 38.8 Å². The lowest BCUT2D eigenvalue weighted by Crippen LogP contribution is -2.30. The Labute approximate surface area is 90.9 Å². The second kappa shape index (κ2) is 4.31. The van der Waals surface area contributed by atoms with E-state index < -0.39 is 0 Å². The Morgan fingerprint density at radius 1 is 1.27 bits per heavy atom. The molecule has 1 unspecified atom stereocenters. The molecule has 82 valence electrons. The fourth-order valence-corrected chi connectivity index (χ4v) is 2.45. The maximum Gasteiger partial charge on any atom is 0.123 e. The predicted octanol–water partition coefficient (Wildman–Crippen LogP) is 3.37. The average Bonchev–Trinajstić information content (AvgIpc) is 2.67. The van der Waals surface area contributed by atoms with Crippen LogP contribution < -0.4 is 0 Å². The minimum atomic E-state index is -0.146. The predicted molar refractivity (Wildman–Crippen MR) is 60.2 cm³/mol. The molecule has 2 rings (SSSR count). The molecule has 2 heteroatoms. The van der Waals surface area contributed by atoms with Crippen molar-refractivity contribution in [3.8, 4) is 0 Å². The van der Waals surface area contributed by atoms with Gasteiger partial charge in [0.25, 0.3) is 0 Å². The van der Waals surface area contributed by atoms with Gasteiger partial charge in [-0.3, -0.25) is 4.90 Å². The molecule has 0 amide bonds. The molecule has 0 bridgehead atoms. The first-order valence-corrected chi connectivity index (χ1v) is 5.69. The number of benzene rings is 1. The maximum atomic E-state index is 12.8. The minimum absolute atomic E-state index is 0.146. The molecule has 0 saturated carbocycles. The fourth-order valence-electron chi connectivity index (χ4n) is 2.45. The van der Waals surface area contributed by atoms with E-state index in [1.165, 1.54) is 24.9 Å². The van der Waals surface area contributed by atoms with E-state index in [2.05, 4.69) is 18.7 Å². The Balaban J connectivity index is 2.19. The summed E-state index contributed by atoms with van der Waals surface area (Å²) in [5, 5.41) is 0. The van der Waals surface area contributed by atoms with Crippen LogP contribution in [0.15, 0.2) is 24.3 Å². The lowest BCUT2D eigenvalue weighted by molar-refractivity contribution is 0.205. The standard InChI is InChI=1S/C13H18FN/c1-10(2)15-9-3-4-13(15)11-5-7-12(14)8-6-11/h5-8,10,13H,3-4,9H2,1-2H3. The first-order chi connectivity index (χ1) is 7.18. The van der Waals surface area contributed by atoms with Crippen LogP contribution in [0.5, 0.6) is 0 Å². The third-order valence-electron chi connectivity index (χ3n) is 3.21. The summed E-state index contributed by atoms with van der Waals surface area (Å²) in [4.78, 5) is 2.49. The van der Waals surface area contributed by atoms with Crippen LogP contribution in [0.2, 0.25) is 0 Å². The van der Waals surface area contributed by atoms with Crippen LogP contribution in [0, 0.1) is 5.82 Å². The van der Waals surface area contributed by atoms with E-state index in [0.29, 0.717) is 12.1 Å². The molecule has 1 fully saturated rings. The molecule has 0 N–H and O–H groups in total. The zero-order chi connectivity index (χ0) is 10.8. The number of likely N-dealkylation sites (tertiary alicyclic amines) is 1. The molecular weight excluding hydrogens is 189 g/mol. The van der Waals surface area contributed by atoms with Gasteiger partial charge in [0.15, 0.2) is 0 Å². The van der Waals surface area contributed by atoms with Crippen LogP contribution in [0.25, 0.3) is 0 Å². The monoisotopic (exact) mass is 207 g/mol. The van der Waals surface area contributed by atoms with Gasteiger partial charge in [-0.05, 0) is 50.9 Å². The van der Waals surface area contributed by atoms with Gasteiger partial charge in [-0.2, -0.15) is 0 Å². The molecule has 0 radical (unpaired) electrons. The van der Waals surface area contributed by atoms with E-state index in [1.807, 2.05) is 12.1 Å². The average molecular weight is 207 g/mol. The van der Waals surface area contributed by atoms with Crippen molar-refractivity contribution in [1.82, 2.24) is 4.90 Å². The van der Waals surface area contributed by atoms with Crippen molar-refractivity contribution in [2.75, 3.05) is 6.54 Å². The van der Waals surface area contributed by atoms with Gasteiger partial charge in [-0.1, -0.05) is 12.1 Å². The molecule has 0 aromatic heterocycles. The van der Waals surface area contributed by atoms with E-state index in [9.17, 15) is 4.39 Å². The van der Waals surface area contributed by atoms with Crippen molar-refractivity contribution >= 4 is 0 Å². The van der Waals surface area contributed by atoms with E-state index in [1.54, 1.807) is 12.1 Å². The van der Waals surface area contributed by atoms with Gasteiger partial charge in [0.05, 0.1) is 0 Å². The van der Waals surface area contributed by atoms with E-state index in [4.69, 9.17) is 0 Å². The normalized spacial score (nSPS) is 22.5. The molecule has 1 aliphatic heterocycles. The summed E-state index contributed by atoms with van der Waals surface area (Å²) in [6.45, 7) is 5.61. The fraction of sp³-hybridized carbons (Fsp3) is 0.538. The quantitative estimate of drug-likeness (QED) is 0.718. The first kappa shape index (κ1) is 10.6. The van der Waals surface area contributed by atoms with Gasteiger partial charge in [0.2, 0.25) is 0 Å². The Hall–Kier alpha value is -0.890. The molecule has 1 atom stereocenters. The molecule has 1 aromatic carbocycles. The second-order valence-electron chi connectivity index (χ2n) is 4.54. The Morgan fingerprint density at radius 2 is 1.93 bits per heavy atom. The zero-order valence-corrected chi connectivity index (χ0v) is 9.41. The number of hydrogen-bond donors (Lipinski definition) is 0. The van der Waals surface area contributed by atoms with Crippen LogP contribution in [-0.4, -0.2) is 17.5 Å². The maximum absolute atomic E-state index is 12.8. The molecule has 1 aliphatic rings. The summed E-state index contributed by atoms with van der Waals surface area (Å²) in [6, 6.07) is 8.02. The van der Waals surface area contributed by atoms with Crippen LogP contribution in [0.4, 0.5) is 4.39 Å². The van der Waals surface area contributed by atoms with Gasteiger partial charge >= 0.3 is 0 Å². The minimum Gasteiger partial charge on any atom is -0.294 e. The molecule has 1 aromatic rings. The van der Waals surface area contributed by atoms with Crippen molar-refractivity contribution in [3.05, 3.63) is 35.6 Å². The molecule has 1 nitrogen and oxygen atoms in total. The summed E-state index contributed by atoms with van der Waals surface area (Å²) in [5.74, 6) is -0.146. The first-order valence-electron chi connectivity index (χ1n) is 5.69. The summed E-state index contributed by atoms with van der Waals surface area (Å²) in [6.07, 6.45) is 2.45. The molecule has 0 aliphatic carbocycles. The largest absolute Gasteiger partial charge is 0.294 e. The van der Waals surface area contributed by atoms with E-state index >= 15 is 0 Å². The highest BCUT2D eigenvalue weighted by Gasteiger charge is 2.27. The molecular formula is C13H18FN. The number of rotatable bonds is 2.